The molecule has 0 saturated heterocycles. The van der Waals surface area contributed by atoms with Gasteiger partial charge in [0.1, 0.15) is 0 Å². The number of methoxy groups -OCH3 is 2. The van der Waals surface area contributed by atoms with Crippen LogP contribution < -0.4 is 0 Å². The summed E-state index contributed by atoms with van der Waals surface area (Å²) < 4.78 is 9.64. The molecule has 1 unspecified atom stereocenters. The molecule has 47 valence electrons. The fourth-order valence-corrected chi connectivity index (χ4v) is 0.303. The third kappa shape index (κ3) is 7.28. The molecule has 0 amide bonds. The van der Waals surface area contributed by atoms with Gasteiger partial charge in [0.15, 0.2) is 0 Å². The molecule has 0 saturated carbocycles. The van der Waals surface area contributed by atoms with E-state index < -0.39 is 0 Å². The third-order valence-electron chi connectivity index (χ3n) is 0.804. The molecule has 0 aliphatic heterocycles. The largest absolute Gasteiger partial charge is 0.382 e. The second-order valence-electron chi connectivity index (χ2n) is 1.50. The summed E-state index contributed by atoms with van der Waals surface area (Å²) in [7, 11) is 3.33. The summed E-state index contributed by atoms with van der Waals surface area (Å²) in [5, 5.41) is 0. The van der Waals surface area contributed by atoms with Crippen LogP contribution in [0.5, 0.6) is 0 Å². The van der Waals surface area contributed by atoms with E-state index in [1.165, 1.54) is 0 Å². The van der Waals surface area contributed by atoms with E-state index in [1.54, 1.807) is 14.2 Å². The van der Waals surface area contributed by atoms with Crippen LogP contribution in [0.4, 0.5) is 0 Å². The molecule has 1 atom stereocenters. The Morgan fingerprint density at radius 2 is 1.88 bits per heavy atom. The van der Waals surface area contributed by atoms with Gasteiger partial charge in [0.2, 0.25) is 0 Å². The van der Waals surface area contributed by atoms with Gasteiger partial charge in [-0.25, -0.2) is 0 Å². The third-order valence-corrected chi connectivity index (χ3v) is 0.804. The first kappa shape index (κ1) is 12.0. The van der Waals surface area contributed by atoms with Crippen molar-refractivity contribution in [2.24, 2.45) is 0 Å². The maximum Gasteiger partial charge on any atom is 0.0776 e. The molecule has 1 radical (unpaired) electrons. The summed E-state index contributed by atoms with van der Waals surface area (Å²) in [6.45, 7) is 2.64. The Hall–Kier alpha value is 1.28. The van der Waals surface area contributed by atoms with E-state index >= 15 is 0 Å². The predicted octanol–water partition coefficient (Wildman–Crippen LogP) is 0.668. The molecular formula is C5H12O2Pr. The smallest absolute Gasteiger partial charge is 0.0776 e. The maximum absolute atomic E-state index is 4.87. The van der Waals surface area contributed by atoms with Crippen LogP contribution in [-0.2, 0) is 9.47 Å². The second kappa shape index (κ2) is 8.28. The van der Waals surface area contributed by atoms with Crippen LogP contribution in [0.2, 0.25) is 0 Å². The molecule has 3 heteroatoms. The van der Waals surface area contributed by atoms with Crippen LogP contribution in [0.25, 0.3) is 0 Å². The molecular weight excluding hydrogens is 233 g/mol. The van der Waals surface area contributed by atoms with E-state index in [-0.39, 0.29) is 47.4 Å². The number of hydrogen-bond acceptors (Lipinski definition) is 2. The quantitative estimate of drug-likeness (QED) is 0.727. The Kier molecular flexibility index (Phi) is 12.4. The summed E-state index contributed by atoms with van der Waals surface area (Å²) in [6.07, 6.45) is 0.227. The van der Waals surface area contributed by atoms with Crippen molar-refractivity contribution >= 4 is 0 Å². The van der Waals surface area contributed by atoms with Crippen molar-refractivity contribution in [2.75, 3.05) is 20.8 Å². The van der Waals surface area contributed by atoms with Crippen molar-refractivity contribution in [2.45, 2.75) is 13.0 Å². The first-order valence-electron chi connectivity index (χ1n) is 2.33. The molecule has 8 heavy (non-hydrogen) atoms. The molecule has 0 aliphatic carbocycles. The minimum Gasteiger partial charge on any atom is -0.382 e. The fraction of sp³-hybridized carbons (Fsp3) is 1.00. The second-order valence-corrected chi connectivity index (χ2v) is 1.50. The zero-order chi connectivity index (χ0) is 5.70. The Balaban J connectivity index is 0. The van der Waals surface area contributed by atoms with Crippen molar-refractivity contribution in [1.82, 2.24) is 0 Å². The van der Waals surface area contributed by atoms with Gasteiger partial charge in [0.25, 0.3) is 0 Å². The van der Waals surface area contributed by atoms with Crippen molar-refractivity contribution in [3.8, 4) is 0 Å². The van der Waals surface area contributed by atoms with E-state index in [1.807, 2.05) is 6.92 Å². The summed E-state index contributed by atoms with van der Waals surface area (Å²) in [4.78, 5) is 0. The number of ether oxygens (including phenoxy) is 2. The van der Waals surface area contributed by atoms with E-state index in [4.69, 9.17) is 9.47 Å². The van der Waals surface area contributed by atoms with Crippen molar-refractivity contribution in [3.63, 3.8) is 0 Å². The molecule has 0 spiro atoms. The van der Waals surface area contributed by atoms with Gasteiger partial charge in [0.05, 0.1) is 12.7 Å². The molecule has 0 bridgehead atoms. The monoisotopic (exact) mass is 245 g/mol. The van der Waals surface area contributed by atoms with Gasteiger partial charge in [-0.2, -0.15) is 0 Å². The van der Waals surface area contributed by atoms with Gasteiger partial charge in [0, 0.05) is 55.5 Å². The van der Waals surface area contributed by atoms with Gasteiger partial charge < -0.3 is 9.47 Å². The predicted molar refractivity (Wildman–Crippen MR) is 28.3 cm³/mol. The van der Waals surface area contributed by atoms with E-state index in [9.17, 15) is 0 Å². The minimum absolute atomic E-state index is 0. The summed E-state index contributed by atoms with van der Waals surface area (Å²) in [5.41, 5.74) is 0. The Morgan fingerprint density at radius 3 is 2.00 bits per heavy atom. The molecule has 0 aliphatic rings. The molecule has 0 rings (SSSR count). The number of rotatable bonds is 3. The van der Waals surface area contributed by atoms with Crippen molar-refractivity contribution < 1.29 is 50.8 Å². The maximum atomic E-state index is 4.87. The molecule has 0 aromatic heterocycles. The van der Waals surface area contributed by atoms with Crippen LogP contribution in [0, 0.1) is 41.3 Å². The Morgan fingerprint density at radius 1 is 1.38 bits per heavy atom. The molecule has 0 aromatic carbocycles. The molecule has 0 fully saturated rings. The standard InChI is InChI=1S/C5H12O2.Pr/c1-5(7-3)4-6-2;/h5H,4H2,1-3H3;. The zero-order valence-electron chi connectivity index (χ0n) is 5.68. The van der Waals surface area contributed by atoms with E-state index in [2.05, 4.69) is 0 Å². The van der Waals surface area contributed by atoms with Crippen LogP contribution in [0.3, 0.4) is 0 Å². The van der Waals surface area contributed by atoms with Crippen LogP contribution in [0.1, 0.15) is 6.92 Å². The van der Waals surface area contributed by atoms with Gasteiger partial charge in [-0.05, 0) is 6.92 Å². The zero-order valence-corrected chi connectivity index (χ0v) is 9.38. The average molecular weight is 245 g/mol. The number of hydrogen-bond donors (Lipinski definition) is 0. The Labute approximate surface area is 83.9 Å². The molecule has 0 N–H and O–H groups in total. The van der Waals surface area contributed by atoms with E-state index in [0.717, 1.165) is 0 Å². The first-order valence-corrected chi connectivity index (χ1v) is 2.33. The SMILES string of the molecule is COCC(C)OC.[Pr]. The summed E-state index contributed by atoms with van der Waals surface area (Å²) >= 11 is 0. The van der Waals surface area contributed by atoms with Gasteiger partial charge in [-0.3, -0.25) is 0 Å². The Bertz CT molecular complexity index is 41.4. The normalized spacial score (nSPS) is 12.4. The minimum atomic E-state index is 0. The first-order chi connectivity index (χ1) is 3.31. The molecule has 2 nitrogen and oxygen atoms in total. The van der Waals surface area contributed by atoms with Crippen LogP contribution in [-0.4, -0.2) is 26.9 Å². The summed E-state index contributed by atoms with van der Waals surface area (Å²) in [6, 6.07) is 0. The van der Waals surface area contributed by atoms with E-state index in [0.29, 0.717) is 6.61 Å². The van der Waals surface area contributed by atoms with Crippen LogP contribution >= 0.6 is 0 Å². The summed E-state index contributed by atoms with van der Waals surface area (Å²) in [5.74, 6) is 0. The van der Waals surface area contributed by atoms with Crippen LogP contribution in [0.15, 0.2) is 0 Å². The average Bonchev–Trinajstić information content (AvgIpc) is 1.68. The topological polar surface area (TPSA) is 18.5 Å². The van der Waals surface area contributed by atoms with Gasteiger partial charge in [-0.15, -0.1) is 0 Å². The molecule has 0 aromatic rings. The molecule has 0 heterocycles. The van der Waals surface area contributed by atoms with Gasteiger partial charge in [-0.1, -0.05) is 0 Å². The van der Waals surface area contributed by atoms with Gasteiger partial charge >= 0.3 is 0 Å². The van der Waals surface area contributed by atoms with Crippen molar-refractivity contribution in [3.05, 3.63) is 0 Å². The van der Waals surface area contributed by atoms with Crippen molar-refractivity contribution in [1.29, 1.82) is 0 Å². The fourth-order valence-electron chi connectivity index (χ4n) is 0.303.